The normalized spacial score (nSPS) is 15.5. The van der Waals surface area contributed by atoms with E-state index in [1.165, 1.54) is 0 Å². The number of aliphatic carboxylic acids is 1. The molecule has 10 heteroatoms. The number of aromatic nitrogens is 2. The lowest BCUT2D eigenvalue weighted by atomic mass is 9.93. The highest BCUT2D eigenvalue weighted by molar-refractivity contribution is 5.90. The Bertz CT molecular complexity index is 1680. The Kier molecular flexibility index (Phi) is 7.82. The molecule has 6 rings (SSSR count). The highest BCUT2D eigenvalue weighted by atomic mass is 16.6. The maximum atomic E-state index is 13.1. The first-order chi connectivity index (χ1) is 21.3. The molecule has 0 saturated heterocycles. The van der Waals surface area contributed by atoms with Gasteiger partial charge in [0.05, 0.1) is 18.6 Å². The van der Waals surface area contributed by atoms with E-state index >= 15 is 0 Å². The average molecular weight is 595 g/mol. The molecule has 2 heterocycles. The predicted molar refractivity (Wildman–Crippen MR) is 164 cm³/mol. The number of nitrogens with one attached hydrogen (secondary N) is 1. The van der Waals surface area contributed by atoms with Crippen molar-refractivity contribution < 1.29 is 29.0 Å². The van der Waals surface area contributed by atoms with Crippen LogP contribution in [0.2, 0.25) is 0 Å². The van der Waals surface area contributed by atoms with Gasteiger partial charge in [0.1, 0.15) is 23.4 Å². The second kappa shape index (κ2) is 11.9. The number of hydrogen-bond acceptors (Lipinski definition) is 6. The molecule has 226 valence electrons. The molecule has 2 amide bonds. The van der Waals surface area contributed by atoms with Gasteiger partial charge in [-0.2, -0.15) is 0 Å². The minimum atomic E-state index is -0.773. The number of rotatable bonds is 8. The summed E-state index contributed by atoms with van der Waals surface area (Å²) in [6.45, 7) is 4.93. The molecule has 4 aromatic rings. The van der Waals surface area contributed by atoms with Gasteiger partial charge in [0.25, 0.3) is 0 Å². The molecule has 0 bridgehead atoms. The predicted octanol–water partition coefficient (Wildman–Crippen LogP) is 6.62. The molecule has 0 spiro atoms. The lowest BCUT2D eigenvalue weighted by molar-refractivity contribution is -0.140. The van der Waals surface area contributed by atoms with Crippen LogP contribution in [0.25, 0.3) is 22.4 Å². The standard InChI is InChI=1S/C34H34N4O6/c1-3-43-33(42)37-19-20-38-28(21-37)35-29(30(38)36-32(41)44-22(2)23-7-5-4-6-8-23)26-11-9-24(10-12-26)25-13-15-27(16-14-25)34(17-18-34)31(39)40/h4-16,22H,3,17-21H2,1-2H3,(H,36,41)(H,39,40)/t22-/m1/s1. The number of carboxylic acid groups (broad SMARTS) is 1. The van der Waals surface area contributed by atoms with E-state index in [2.05, 4.69) is 5.32 Å². The smallest absolute Gasteiger partial charge is 0.413 e. The van der Waals surface area contributed by atoms with Gasteiger partial charge in [0.2, 0.25) is 0 Å². The van der Waals surface area contributed by atoms with E-state index in [0.29, 0.717) is 43.3 Å². The SMILES string of the molecule is CCOC(=O)N1CCn2c(nc(-c3ccc(-c4ccc(C5(C(=O)O)CC5)cc4)cc3)c2NC(=O)O[C@H](C)c2ccccc2)C1. The van der Waals surface area contributed by atoms with Crippen LogP contribution in [-0.4, -0.2) is 50.9 Å². The maximum Gasteiger partial charge on any atom is 0.413 e. The third-order valence-electron chi connectivity index (χ3n) is 8.36. The molecule has 1 fully saturated rings. The first kappa shape index (κ1) is 29.0. The lowest BCUT2D eigenvalue weighted by Crippen LogP contribution is -2.39. The van der Waals surface area contributed by atoms with Gasteiger partial charge in [-0.3, -0.25) is 15.0 Å². The minimum Gasteiger partial charge on any atom is -0.481 e. The number of carbonyl (C=O) groups is 3. The zero-order valence-corrected chi connectivity index (χ0v) is 24.7. The summed E-state index contributed by atoms with van der Waals surface area (Å²) in [5, 5.41) is 12.5. The molecule has 1 aliphatic carbocycles. The lowest BCUT2D eigenvalue weighted by Gasteiger charge is -2.27. The summed E-state index contributed by atoms with van der Waals surface area (Å²) in [5.41, 5.74) is 4.24. The number of anilines is 1. The van der Waals surface area contributed by atoms with Gasteiger partial charge in [0.15, 0.2) is 0 Å². The maximum absolute atomic E-state index is 13.1. The highest BCUT2D eigenvalue weighted by Gasteiger charge is 2.51. The van der Waals surface area contributed by atoms with Gasteiger partial charge >= 0.3 is 18.2 Å². The minimum absolute atomic E-state index is 0.241. The summed E-state index contributed by atoms with van der Waals surface area (Å²) in [6.07, 6.45) is -0.140. The number of fused-ring (bicyclic) bond motifs is 1. The summed E-state index contributed by atoms with van der Waals surface area (Å²) >= 11 is 0. The molecule has 3 aromatic carbocycles. The summed E-state index contributed by atoms with van der Waals surface area (Å²) in [7, 11) is 0. The van der Waals surface area contributed by atoms with Gasteiger partial charge < -0.3 is 19.1 Å². The van der Waals surface area contributed by atoms with Gasteiger partial charge in [-0.25, -0.2) is 14.6 Å². The van der Waals surface area contributed by atoms with Crippen molar-refractivity contribution in [3.63, 3.8) is 0 Å². The number of hydrogen-bond donors (Lipinski definition) is 2. The van der Waals surface area contributed by atoms with Crippen LogP contribution in [0.15, 0.2) is 78.9 Å². The van der Waals surface area contributed by atoms with Gasteiger partial charge in [-0.05, 0) is 48.9 Å². The molecule has 1 saturated carbocycles. The first-order valence-electron chi connectivity index (χ1n) is 14.8. The van der Waals surface area contributed by atoms with Crippen molar-refractivity contribution in [1.82, 2.24) is 14.5 Å². The fourth-order valence-corrected chi connectivity index (χ4v) is 5.66. The Hall–Kier alpha value is -5.12. The zero-order valence-electron chi connectivity index (χ0n) is 24.7. The Balaban J connectivity index is 1.27. The van der Waals surface area contributed by atoms with Crippen LogP contribution >= 0.6 is 0 Å². The molecule has 44 heavy (non-hydrogen) atoms. The molecule has 0 radical (unpaired) electrons. The molecule has 1 atom stereocenters. The molecule has 0 unspecified atom stereocenters. The van der Waals surface area contributed by atoms with Gasteiger partial charge in [-0.15, -0.1) is 0 Å². The van der Waals surface area contributed by atoms with E-state index in [-0.39, 0.29) is 13.2 Å². The van der Waals surface area contributed by atoms with Crippen molar-refractivity contribution in [2.75, 3.05) is 18.5 Å². The van der Waals surface area contributed by atoms with E-state index in [0.717, 1.165) is 27.8 Å². The summed E-state index contributed by atoms with van der Waals surface area (Å²) < 4.78 is 12.8. The first-order valence-corrected chi connectivity index (χ1v) is 14.8. The molecule has 10 nitrogen and oxygen atoms in total. The molecular weight excluding hydrogens is 560 g/mol. The molecular formula is C34H34N4O6. The Labute approximate surface area is 255 Å². The van der Waals surface area contributed by atoms with Crippen LogP contribution in [0.4, 0.5) is 15.4 Å². The summed E-state index contributed by atoms with van der Waals surface area (Å²) in [6, 6.07) is 25.0. The van der Waals surface area contributed by atoms with Gasteiger partial charge in [-0.1, -0.05) is 78.9 Å². The van der Waals surface area contributed by atoms with Crippen LogP contribution in [0.1, 0.15) is 49.7 Å². The highest BCUT2D eigenvalue weighted by Crippen LogP contribution is 2.48. The van der Waals surface area contributed by atoms with Gasteiger partial charge in [0, 0.05) is 18.7 Å². The second-order valence-electron chi connectivity index (χ2n) is 11.1. The average Bonchev–Trinajstić information content (AvgIpc) is 3.79. The van der Waals surface area contributed by atoms with Crippen LogP contribution < -0.4 is 5.32 Å². The van der Waals surface area contributed by atoms with Crippen molar-refractivity contribution in [1.29, 1.82) is 0 Å². The summed E-state index contributed by atoms with van der Waals surface area (Å²) in [5.74, 6) is 0.345. The van der Waals surface area contributed by atoms with Crippen molar-refractivity contribution >= 4 is 24.0 Å². The molecule has 2 aliphatic rings. The summed E-state index contributed by atoms with van der Waals surface area (Å²) in [4.78, 5) is 43.7. The van der Waals surface area contributed by atoms with Crippen molar-refractivity contribution in [2.45, 2.75) is 51.3 Å². The fourth-order valence-electron chi connectivity index (χ4n) is 5.66. The zero-order chi connectivity index (χ0) is 30.8. The number of carbonyl (C=O) groups excluding carboxylic acids is 2. The third kappa shape index (κ3) is 5.62. The van der Waals surface area contributed by atoms with Crippen LogP contribution in [-0.2, 0) is 32.8 Å². The largest absolute Gasteiger partial charge is 0.481 e. The van der Waals surface area contributed by atoms with Crippen LogP contribution in [0.3, 0.4) is 0 Å². The number of benzene rings is 3. The van der Waals surface area contributed by atoms with E-state index in [1.54, 1.807) is 11.8 Å². The monoisotopic (exact) mass is 594 g/mol. The number of imidazole rings is 1. The quantitative estimate of drug-likeness (QED) is 0.235. The Morgan fingerprint density at radius 1 is 0.932 bits per heavy atom. The second-order valence-corrected chi connectivity index (χ2v) is 11.1. The number of nitrogens with zero attached hydrogens (tertiary/aromatic N) is 3. The number of amides is 2. The van der Waals surface area contributed by atoms with E-state index < -0.39 is 29.7 Å². The van der Waals surface area contributed by atoms with Crippen molar-refractivity contribution in [3.05, 3.63) is 95.8 Å². The Morgan fingerprint density at radius 3 is 2.18 bits per heavy atom. The fraction of sp³-hybridized carbons (Fsp3) is 0.294. The van der Waals surface area contributed by atoms with E-state index in [9.17, 15) is 19.5 Å². The molecule has 1 aliphatic heterocycles. The number of carboxylic acids is 1. The van der Waals surface area contributed by atoms with Crippen LogP contribution in [0.5, 0.6) is 0 Å². The van der Waals surface area contributed by atoms with E-state index in [1.807, 2.05) is 90.4 Å². The number of ether oxygens (including phenoxy) is 2. The van der Waals surface area contributed by atoms with Crippen LogP contribution in [0, 0.1) is 0 Å². The van der Waals surface area contributed by atoms with E-state index in [4.69, 9.17) is 14.5 Å². The molecule has 2 N–H and O–H groups in total. The third-order valence-corrected chi connectivity index (χ3v) is 8.36. The topological polar surface area (TPSA) is 123 Å². The Morgan fingerprint density at radius 2 is 1.57 bits per heavy atom. The van der Waals surface area contributed by atoms with Crippen molar-refractivity contribution in [3.8, 4) is 22.4 Å². The molecule has 1 aromatic heterocycles. The van der Waals surface area contributed by atoms with Crippen molar-refractivity contribution in [2.24, 2.45) is 0 Å².